The minimum Gasteiger partial charge on any atom is -0.480 e. The third-order valence-electron chi connectivity index (χ3n) is 1.57. The van der Waals surface area contributed by atoms with Gasteiger partial charge in [-0.25, -0.2) is 0 Å². The predicted octanol–water partition coefficient (Wildman–Crippen LogP) is -0.838. The number of nitriles is 1. The van der Waals surface area contributed by atoms with Gasteiger partial charge in [0.1, 0.15) is 0 Å². The summed E-state index contributed by atoms with van der Waals surface area (Å²) in [5, 5.41) is 16.8. The second kappa shape index (κ2) is 6.86. The fourth-order valence-electron chi connectivity index (χ4n) is 0.938. The average Bonchev–Trinajstić information content (AvgIpc) is 2.09. The molecule has 0 bridgehead atoms. The molecular weight excluding hydrogens is 186 g/mol. The van der Waals surface area contributed by atoms with Gasteiger partial charge in [-0.1, -0.05) is 0 Å². The molecule has 14 heavy (non-hydrogen) atoms. The van der Waals surface area contributed by atoms with Crippen LogP contribution in [-0.2, 0) is 9.59 Å². The molecule has 78 valence electrons. The van der Waals surface area contributed by atoms with E-state index in [4.69, 9.17) is 16.1 Å². The van der Waals surface area contributed by atoms with Gasteiger partial charge in [-0.3, -0.25) is 14.5 Å². The summed E-state index contributed by atoms with van der Waals surface area (Å²) in [5.41, 5.74) is 4.92. The minimum atomic E-state index is -0.979. The normalized spacial score (nSPS) is 9.71. The molecular formula is C8H13N3O3. The number of amides is 1. The van der Waals surface area contributed by atoms with Crippen molar-refractivity contribution in [3.8, 4) is 6.07 Å². The van der Waals surface area contributed by atoms with Crippen LogP contribution < -0.4 is 5.73 Å². The first kappa shape index (κ1) is 12.4. The molecule has 0 heterocycles. The van der Waals surface area contributed by atoms with E-state index in [0.717, 1.165) is 0 Å². The van der Waals surface area contributed by atoms with Crippen molar-refractivity contribution >= 4 is 11.9 Å². The summed E-state index contributed by atoms with van der Waals surface area (Å²) in [5.74, 6) is -1.45. The zero-order valence-corrected chi connectivity index (χ0v) is 7.77. The lowest BCUT2D eigenvalue weighted by Crippen LogP contribution is -2.33. The van der Waals surface area contributed by atoms with Crippen LogP contribution in [0.25, 0.3) is 0 Å². The summed E-state index contributed by atoms with van der Waals surface area (Å²) in [7, 11) is 0. The number of rotatable bonds is 7. The Balaban J connectivity index is 3.91. The molecule has 0 unspecified atom stereocenters. The van der Waals surface area contributed by atoms with Gasteiger partial charge < -0.3 is 10.8 Å². The van der Waals surface area contributed by atoms with E-state index in [2.05, 4.69) is 0 Å². The quantitative estimate of drug-likeness (QED) is 0.556. The number of aliphatic carboxylic acids is 1. The van der Waals surface area contributed by atoms with Gasteiger partial charge in [0.15, 0.2) is 0 Å². The van der Waals surface area contributed by atoms with Gasteiger partial charge in [0.05, 0.1) is 12.6 Å². The fraction of sp³-hybridized carbons (Fsp3) is 0.625. The highest BCUT2D eigenvalue weighted by atomic mass is 16.4. The average molecular weight is 199 g/mol. The molecule has 0 aromatic rings. The maximum absolute atomic E-state index is 10.4. The van der Waals surface area contributed by atoms with Crippen LogP contribution in [0.15, 0.2) is 0 Å². The summed E-state index contributed by atoms with van der Waals surface area (Å²) in [6.45, 7) is 0.453. The van der Waals surface area contributed by atoms with Crippen LogP contribution in [0, 0.1) is 11.3 Å². The molecule has 1 amide bonds. The minimum absolute atomic E-state index is 0.110. The lowest BCUT2D eigenvalue weighted by Gasteiger charge is -2.17. The number of nitrogens with zero attached hydrogens (tertiary/aromatic N) is 2. The molecule has 0 saturated heterocycles. The lowest BCUT2D eigenvalue weighted by atomic mass is 10.3. The summed E-state index contributed by atoms with van der Waals surface area (Å²) in [6.07, 6.45) is 0.352. The number of nitrogens with two attached hydrogens (primary N) is 1. The van der Waals surface area contributed by atoms with Crippen LogP contribution in [0.2, 0.25) is 0 Å². The topological polar surface area (TPSA) is 107 Å². The first-order valence-corrected chi connectivity index (χ1v) is 4.15. The third kappa shape index (κ3) is 7.06. The van der Waals surface area contributed by atoms with Crippen molar-refractivity contribution in [2.45, 2.75) is 12.8 Å². The van der Waals surface area contributed by atoms with Crippen molar-refractivity contribution in [1.82, 2.24) is 4.90 Å². The Bertz CT molecular complexity index is 247. The summed E-state index contributed by atoms with van der Waals surface area (Å²) >= 11 is 0. The maximum atomic E-state index is 10.4. The van der Waals surface area contributed by atoms with Gasteiger partial charge in [0.2, 0.25) is 5.91 Å². The van der Waals surface area contributed by atoms with Crippen LogP contribution in [0.4, 0.5) is 0 Å². The molecule has 0 spiro atoms. The van der Waals surface area contributed by atoms with E-state index in [1.807, 2.05) is 6.07 Å². The van der Waals surface area contributed by atoms with Crippen molar-refractivity contribution < 1.29 is 14.7 Å². The Hall–Kier alpha value is -1.61. The van der Waals surface area contributed by atoms with Gasteiger partial charge >= 0.3 is 5.97 Å². The number of carbonyl (C=O) groups is 2. The first-order valence-electron chi connectivity index (χ1n) is 4.15. The van der Waals surface area contributed by atoms with Crippen molar-refractivity contribution in [1.29, 1.82) is 5.26 Å². The SMILES string of the molecule is N#CCCN(CCC(N)=O)CC(=O)O. The Morgan fingerprint density at radius 1 is 1.43 bits per heavy atom. The Morgan fingerprint density at radius 3 is 2.50 bits per heavy atom. The van der Waals surface area contributed by atoms with Gasteiger partial charge in [0.25, 0.3) is 0 Å². The summed E-state index contributed by atoms with van der Waals surface area (Å²) in [4.78, 5) is 22.3. The van der Waals surface area contributed by atoms with E-state index in [1.165, 1.54) is 4.90 Å². The van der Waals surface area contributed by atoms with Gasteiger partial charge in [-0.05, 0) is 0 Å². The Labute approximate surface area is 81.9 Å². The highest BCUT2D eigenvalue weighted by Gasteiger charge is 2.09. The number of hydrogen-bond acceptors (Lipinski definition) is 4. The van der Waals surface area contributed by atoms with Crippen LogP contribution in [0.1, 0.15) is 12.8 Å². The molecule has 0 atom stereocenters. The molecule has 6 nitrogen and oxygen atoms in total. The second-order valence-corrected chi connectivity index (χ2v) is 2.79. The van der Waals surface area contributed by atoms with E-state index >= 15 is 0 Å². The molecule has 0 radical (unpaired) electrons. The van der Waals surface area contributed by atoms with Gasteiger partial charge in [-0.2, -0.15) is 5.26 Å². The monoisotopic (exact) mass is 199 g/mol. The van der Waals surface area contributed by atoms with Crippen LogP contribution >= 0.6 is 0 Å². The highest BCUT2D eigenvalue weighted by Crippen LogP contribution is 1.93. The molecule has 0 aliphatic rings. The molecule has 0 fully saturated rings. The summed E-state index contributed by atoms with van der Waals surface area (Å²) < 4.78 is 0. The van der Waals surface area contributed by atoms with E-state index in [-0.39, 0.29) is 25.9 Å². The standard InChI is InChI=1S/C8H13N3O3/c9-3-1-4-11(6-8(13)14)5-2-7(10)12/h1-2,4-6H2,(H2,10,12)(H,13,14). The summed E-state index contributed by atoms with van der Waals surface area (Å²) in [6, 6.07) is 1.91. The van der Waals surface area contributed by atoms with E-state index < -0.39 is 11.9 Å². The zero-order chi connectivity index (χ0) is 11.0. The third-order valence-corrected chi connectivity index (χ3v) is 1.57. The van der Waals surface area contributed by atoms with Crippen molar-refractivity contribution in [3.05, 3.63) is 0 Å². The van der Waals surface area contributed by atoms with Crippen LogP contribution in [0.3, 0.4) is 0 Å². The number of carboxylic acid groups (broad SMARTS) is 1. The smallest absolute Gasteiger partial charge is 0.317 e. The zero-order valence-electron chi connectivity index (χ0n) is 7.77. The van der Waals surface area contributed by atoms with Crippen molar-refractivity contribution in [2.24, 2.45) is 5.73 Å². The molecule has 0 aromatic heterocycles. The number of primary amides is 1. The van der Waals surface area contributed by atoms with E-state index in [1.54, 1.807) is 0 Å². The molecule has 0 rings (SSSR count). The Morgan fingerprint density at radius 2 is 2.07 bits per heavy atom. The molecule has 0 aliphatic carbocycles. The second-order valence-electron chi connectivity index (χ2n) is 2.79. The first-order chi connectivity index (χ1) is 6.56. The number of hydrogen-bond donors (Lipinski definition) is 2. The van der Waals surface area contributed by atoms with Crippen molar-refractivity contribution in [2.75, 3.05) is 19.6 Å². The predicted molar refractivity (Wildman–Crippen MR) is 48.1 cm³/mol. The van der Waals surface area contributed by atoms with Crippen LogP contribution in [0.5, 0.6) is 0 Å². The van der Waals surface area contributed by atoms with Gasteiger partial charge in [0, 0.05) is 25.9 Å². The number of carbonyl (C=O) groups excluding carboxylic acids is 1. The molecule has 0 aliphatic heterocycles. The van der Waals surface area contributed by atoms with E-state index in [0.29, 0.717) is 6.54 Å². The largest absolute Gasteiger partial charge is 0.480 e. The molecule has 0 aromatic carbocycles. The molecule has 3 N–H and O–H groups in total. The maximum Gasteiger partial charge on any atom is 0.317 e. The lowest BCUT2D eigenvalue weighted by molar-refractivity contribution is -0.138. The number of carboxylic acids is 1. The van der Waals surface area contributed by atoms with Crippen LogP contribution in [-0.4, -0.2) is 41.5 Å². The fourth-order valence-corrected chi connectivity index (χ4v) is 0.938. The Kier molecular flexibility index (Phi) is 6.07. The van der Waals surface area contributed by atoms with Gasteiger partial charge in [-0.15, -0.1) is 0 Å². The highest BCUT2D eigenvalue weighted by molar-refractivity contribution is 5.74. The molecule has 0 saturated carbocycles. The molecule has 6 heteroatoms. The van der Waals surface area contributed by atoms with E-state index in [9.17, 15) is 9.59 Å². The van der Waals surface area contributed by atoms with Crippen molar-refractivity contribution in [3.63, 3.8) is 0 Å².